The normalized spacial score (nSPS) is 12.8. The van der Waals surface area contributed by atoms with E-state index in [9.17, 15) is 0 Å². The predicted octanol–water partition coefficient (Wildman–Crippen LogP) is 6.00. The van der Waals surface area contributed by atoms with Gasteiger partial charge in [-0.3, -0.25) is 0 Å². The van der Waals surface area contributed by atoms with Gasteiger partial charge in [-0.05, 0) is 48.7 Å². The molecule has 0 fully saturated rings. The van der Waals surface area contributed by atoms with Gasteiger partial charge in [-0.25, -0.2) is 0 Å². The zero-order valence-electron chi connectivity index (χ0n) is 9.43. The standard InChI is InChI=1S/C13H11Cl3S/c1-7-3-9(6-10(14)4-7)12(15)11-5-8(2)13(16)17-11/h3-6,12H,1-2H3. The fourth-order valence-corrected chi connectivity index (χ4v) is 3.53. The summed E-state index contributed by atoms with van der Waals surface area (Å²) in [6.07, 6.45) is 0. The summed E-state index contributed by atoms with van der Waals surface area (Å²) >= 11 is 20.1. The van der Waals surface area contributed by atoms with E-state index in [2.05, 4.69) is 0 Å². The van der Waals surface area contributed by atoms with Crippen molar-refractivity contribution < 1.29 is 0 Å². The first-order valence-corrected chi connectivity index (χ1v) is 7.15. The molecule has 0 amide bonds. The maximum Gasteiger partial charge on any atom is 0.0960 e. The van der Waals surface area contributed by atoms with Crippen LogP contribution in [0.3, 0.4) is 0 Å². The summed E-state index contributed by atoms with van der Waals surface area (Å²) in [6, 6.07) is 7.89. The highest BCUT2D eigenvalue weighted by Gasteiger charge is 2.15. The van der Waals surface area contributed by atoms with Crippen molar-refractivity contribution in [3.63, 3.8) is 0 Å². The molecule has 4 heteroatoms. The Labute approximate surface area is 120 Å². The minimum atomic E-state index is -0.191. The summed E-state index contributed by atoms with van der Waals surface area (Å²) in [5.74, 6) is 0. The average molecular weight is 306 g/mol. The van der Waals surface area contributed by atoms with Crippen molar-refractivity contribution in [1.82, 2.24) is 0 Å². The maximum absolute atomic E-state index is 6.45. The second-order valence-corrected chi connectivity index (χ2v) is 6.59. The summed E-state index contributed by atoms with van der Waals surface area (Å²) in [5, 5.41) is 0.522. The molecule has 1 unspecified atom stereocenters. The lowest BCUT2D eigenvalue weighted by atomic mass is 10.1. The molecule has 2 aromatic rings. The molecule has 0 saturated carbocycles. The molecule has 0 N–H and O–H groups in total. The van der Waals surface area contributed by atoms with Crippen molar-refractivity contribution in [3.8, 4) is 0 Å². The van der Waals surface area contributed by atoms with Gasteiger partial charge in [0.1, 0.15) is 0 Å². The summed E-state index contributed by atoms with van der Waals surface area (Å²) in [5.41, 5.74) is 3.18. The van der Waals surface area contributed by atoms with Crippen molar-refractivity contribution in [2.75, 3.05) is 0 Å². The van der Waals surface area contributed by atoms with Gasteiger partial charge in [-0.2, -0.15) is 0 Å². The number of halogens is 3. The predicted molar refractivity (Wildman–Crippen MR) is 78.0 cm³/mol. The van der Waals surface area contributed by atoms with Gasteiger partial charge in [0.25, 0.3) is 0 Å². The largest absolute Gasteiger partial charge is 0.126 e. The van der Waals surface area contributed by atoms with Crippen LogP contribution in [0.4, 0.5) is 0 Å². The second kappa shape index (κ2) is 5.19. The Hall–Kier alpha value is -0.210. The minimum Gasteiger partial charge on any atom is -0.126 e. The molecule has 0 aliphatic rings. The molecule has 0 saturated heterocycles. The van der Waals surface area contributed by atoms with E-state index in [1.54, 1.807) is 0 Å². The van der Waals surface area contributed by atoms with E-state index in [0.29, 0.717) is 5.02 Å². The fraction of sp³-hybridized carbons (Fsp3) is 0.231. The van der Waals surface area contributed by atoms with Crippen LogP contribution in [0.2, 0.25) is 9.36 Å². The lowest BCUT2D eigenvalue weighted by Gasteiger charge is -2.09. The number of hydrogen-bond acceptors (Lipinski definition) is 1. The number of thiophene rings is 1. The van der Waals surface area contributed by atoms with E-state index in [-0.39, 0.29) is 5.38 Å². The topological polar surface area (TPSA) is 0 Å². The zero-order chi connectivity index (χ0) is 12.6. The highest BCUT2D eigenvalue weighted by molar-refractivity contribution is 7.16. The third-order valence-corrected chi connectivity index (χ3v) is 4.94. The molecule has 17 heavy (non-hydrogen) atoms. The van der Waals surface area contributed by atoms with Crippen molar-refractivity contribution in [2.24, 2.45) is 0 Å². The minimum absolute atomic E-state index is 0.191. The van der Waals surface area contributed by atoms with Crippen molar-refractivity contribution in [1.29, 1.82) is 0 Å². The average Bonchev–Trinajstić information content (AvgIpc) is 2.57. The lowest BCUT2D eigenvalue weighted by Crippen LogP contribution is -1.91. The molecule has 0 aliphatic heterocycles. The van der Waals surface area contributed by atoms with Crippen molar-refractivity contribution in [2.45, 2.75) is 19.2 Å². The molecule has 0 nitrogen and oxygen atoms in total. The first-order valence-electron chi connectivity index (χ1n) is 5.14. The Balaban J connectivity index is 2.39. The number of alkyl halides is 1. The summed E-state index contributed by atoms with van der Waals surface area (Å²) in [6.45, 7) is 3.99. The number of benzene rings is 1. The molecule has 0 aliphatic carbocycles. The van der Waals surface area contributed by atoms with Crippen LogP contribution in [0, 0.1) is 13.8 Å². The van der Waals surface area contributed by atoms with E-state index in [1.807, 2.05) is 38.1 Å². The highest BCUT2D eigenvalue weighted by atomic mass is 35.5. The van der Waals surface area contributed by atoms with Gasteiger partial charge >= 0.3 is 0 Å². The van der Waals surface area contributed by atoms with Gasteiger partial charge in [0, 0.05) is 9.90 Å². The van der Waals surface area contributed by atoms with E-state index >= 15 is 0 Å². The zero-order valence-corrected chi connectivity index (χ0v) is 12.5. The lowest BCUT2D eigenvalue weighted by molar-refractivity contribution is 1.17. The Morgan fingerprint density at radius 3 is 2.29 bits per heavy atom. The molecule has 0 radical (unpaired) electrons. The molecular formula is C13H11Cl3S. The first-order chi connectivity index (χ1) is 7.97. The molecule has 0 spiro atoms. The molecule has 1 heterocycles. The van der Waals surface area contributed by atoms with Gasteiger partial charge in [-0.1, -0.05) is 29.3 Å². The number of rotatable bonds is 2. The summed E-state index contributed by atoms with van der Waals surface area (Å²) in [7, 11) is 0. The van der Waals surface area contributed by atoms with E-state index in [1.165, 1.54) is 11.3 Å². The molecule has 1 aromatic carbocycles. The first kappa shape index (κ1) is 13.2. The number of hydrogen-bond donors (Lipinski definition) is 0. The van der Waals surface area contributed by atoms with Gasteiger partial charge in [0.05, 0.1) is 9.71 Å². The Kier molecular flexibility index (Phi) is 4.04. The Bertz CT molecular complexity index is 506. The monoisotopic (exact) mass is 304 g/mol. The molecule has 1 aromatic heterocycles. The Morgan fingerprint density at radius 1 is 1.06 bits per heavy atom. The molecule has 1 atom stereocenters. The van der Waals surface area contributed by atoms with E-state index in [0.717, 1.165) is 25.9 Å². The van der Waals surface area contributed by atoms with Gasteiger partial charge in [0.15, 0.2) is 0 Å². The smallest absolute Gasteiger partial charge is 0.0960 e. The van der Waals surface area contributed by atoms with Crippen molar-refractivity contribution in [3.05, 3.63) is 55.2 Å². The summed E-state index contributed by atoms with van der Waals surface area (Å²) < 4.78 is 0.796. The third kappa shape index (κ3) is 2.97. The van der Waals surface area contributed by atoms with Crippen LogP contribution in [0.15, 0.2) is 24.3 Å². The van der Waals surface area contributed by atoms with Crippen LogP contribution in [0.25, 0.3) is 0 Å². The Morgan fingerprint density at radius 2 is 1.76 bits per heavy atom. The van der Waals surface area contributed by atoms with Crippen molar-refractivity contribution >= 4 is 46.1 Å². The summed E-state index contributed by atoms with van der Waals surface area (Å²) in [4.78, 5) is 1.05. The van der Waals surface area contributed by atoms with E-state index < -0.39 is 0 Å². The maximum atomic E-state index is 6.45. The van der Waals surface area contributed by atoms with Crippen LogP contribution in [-0.2, 0) is 0 Å². The van der Waals surface area contributed by atoms with Crippen LogP contribution in [0.1, 0.15) is 26.9 Å². The SMILES string of the molecule is Cc1cc(Cl)cc(C(Cl)c2cc(C)c(Cl)s2)c1. The molecule has 90 valence electrons. The van der Waals surface area contributed by atoms with Gasteiger partial charge < -0.3 is 0 Å². The highest BCUT2D eigenvalue weighted by Crippen LogP contribution is 2.38. The van der Waals surface area contributed by atoms with Gasteiger partial charge in [0.2, 0.25) is 0 Å². The van der Waals surface area contributed by atoms with Crippen LogP contribution in [-0.4, -0.2) is 0 Å². The second-order valence-electron chi connectivity index (χ2n) is 4.03. The van der Waals surface area contributed by atoms with Crippen LogP contribution < -0.4 is 0 Å². The molecule has 0 bridgehead atoms. The quantitative estimate of drug-likeness (QED) is 0.597. The van der Waals surface area contributed by atoms with Crippen LogP contribution in [0.5, 0.6) is 0 Å². The third-order valence-electron chi connectivity index (χ3n) is 2.48. The van der Waals surface area contributed by atoms with Gasteiger partial charge in [-0.15, -0.1) is 22.9 Å². The molecular weight excluding hydrogens is 295 g/mol. The van der Waals surface area contributed by atoms with E-state index in [4.69, 9.17) is 34.8 Å². The van der Waals surface area contributed by atoms with Crippen LogP contribution >= 0.6 is 46.1 Å². The fourth-order valence-electron chi connectivity index (χ4n) is 1.68. The molecule has 2 rings (SSSR count). The number of aryl methyl sites for hydroxylation is 2.